The van der Waals surface area contributed by atoms with Crippen LogP contribution in [0.15, 0.2) is 66.7 Å². The van der Waals surface area contributed by atoms with Gasteiger partial charge in [-0.15, -0.1) is 0 Å². The van der Waals surface area contributed by atoms with Crippen molar-refractivity contribution < 1.29 is 0 Å². The van der Waals surface area contributed by atoms with E-state index in [9.17, 15) is 0 Å². The number of rotatable bonds is 4. The fourth-order valence-electron chi connectivity index (χ4n) is 2.94. The molecular weight excluding hydrogens is 290 g/mol. The van der Waals surface area contributed by atoms with Crippen LogP contribution in [0.25, 0.3) is 10.8 Å². The van der Waals surface area contributed by atoms with Gasteiger partial charge >= 0.3 is 0 Å². The van der Waals surface area contributed by atoms with Crippen molar-refractivity contribution in [2.45, 2.75) is 25.9 Å². The Morgan fingerprint density at radius 3 is 2.23 bits per heavy atom. The minimum absolute atomic E-state index is 0.270. The van der Waals surface area contributed by atoms with Gasteiger partial charge in [0, 0.05) is 17.1 Å². The van der Waals surface area contributed by atoms with Gasteiger partial charge in [0.2, 0.25) is 0 Å². The van der Waals surface area contributed by atoms with Crippen molar-refractivity contribution in [1.29, 1.82) is 0 Å². The maximum absolute atomic E-state index is 5.96. The van der Waals surface area contributed by atoms with E-state index in [1.54, 1.807) is 0 Å². The highest BCUT2D eigenvalue weighted by molar-refractivity contribution is 6.30. The Hall–Kier alpha value is -1.83. The van der Waals surface area contributed by atoms with Gasteiger partial charge in [0.05, 0.1) is 0 Å². The van der Waals surface area contributed by atoms with Crippen molar-refractivity contribution in [2.75, 3.05) is 0 Å². The van der Waals surface area contributed by atoms with E-state index in [-0.39, 0.29) is 12.1 Å². The maximum Gasteiger partial charge on any atom is 0.0406 e. The maximum atomic E-state index is 5.96. The Balaban J connectivity index is 1.84. The summed E-state index contributed by atoms with van der Waals surface area (Å²) in [4.78, 5) is 0. The largest absolute Gasteiger partial charge is 0.304 e. The number of benzene rings is 3. The summed E-state index contributed by atoms with van der Waals surface area (Å²) in [6.07, 6.45) is 0. The quantitative estimate of drug-likeness (QED) is 0.632. The Labute approximate surface area is 136 Å². The second kappa shape index (κ2) is 6.51. The van der Waals surface area contributed by atoms with Crippen LogP contribution in [0.3, 0.4) is 0 Å². The highest BCUT2D eigenvalue weighted by Gasteiger charge is 2.13. The summed E-state index contributed by atoms with van der Waals surface area (Å²) in [6, 6.07) is 23.6. The van der Waals surface area contributed by atoms with Crippen LogP contribution in [-0.4, -0.2) is 0 Å². The van der Waals surface area contributed by atoms with Crippen molar-refractivity contribution in [3.05, 3.63) is 82.9 Å². The van der Waals surface area contributed by atoms with E-state index in [0.717, 1.165) is 5.02 Å². The van der Waals surface area contributed by atoms with Gasteiger partial charge in [0.1, 0.15) is 0 Å². The summed E-state index contributed by atoms with van der Waals surface area (Å²) in [6.45, 7) is 4.40. The van der Waals surface area contributed by atoms with Crippen molar-refractivity contribution in [3.63, 3.8) is 0 Å². The molecular formula is C20H20ClN. The smallest absolute Gasteiger partial charge is 0.0406 e. The van der Waals surface area contributed by atoms with Gasteiger partial charge < -0.3 is 5.32 Å². The highest BCUT2D eigenvalue weighted by Crippen LogP contribution is 2.26. The normalized spacial score (nSPS) is 14.0. The van der Waals surface area contributed by atoms with E-state index in [2.05, 4.69) is 73.8 Å². The molecule has 0 aliphatic heterocycles. The predicted octanol–water partition coefficient (Wildman–Crippen LogP) is 5.91. The molecule has 0 unspecified atom stereocenters. The molecule has 0 fully saturated rings. The van der Waals surface area contributed by atoms with E-state index in [1.165, 1.54) is 21.9 Å². The van der Waals surface area contributed by atoms with Gasteiger partial charge in [-0.2, -0.15) is 0 Å². The monoisotopic (exact) mass is 309 g/mol. The van der Waals surface area contributed by atoms with Crippen LogP contribution in [0.1, 0.15) is 37.1 Å². The molecule has 0 aromatic heterocycles. The summed E-state index contributed by atoms with van der Waals surface area (Å²) >= 11 is 5.96. The van der Waals surface area contributed by atoms with Crippen LogP contribution in [0, 0.1) is 0 Å². The summed E-state index contributed by atoms with van der Waals surface area (Å²) in [7, 11) is 0. The second-order valence-electron chi connectivity index (χ2n) is 5.73. The lowest BCUT2D eigenvalue weighted by atomic mass is 9.98. The average molecular weight is 310 g/mol. The van der Waals surface area contributed by atoms with Gasteiger partial charge in [0.25, 0.3) is 0 Å². The summed E-state index contributed by atoms with van der Waals surface area (Å²) in [5.41, 5.74) is 2.58. The third kappa shape index (κ3) is 3.16. The van der Waals surface area contributed by atoms with Crippen molar-refractivity contribution >= 4 is 22.4 Å². The van der Waals surface area contributed by atoms with Crippen LogP contribution in [0.5, 0.6) is 0 Å². The third-order valence-electron chi connectivity index (χ3n) is 4.16. The van der Waals surface area contributed by atoms with Gasteiger partial charge in [-0.3, -0.25) is 0 Å². The van der Waals surface area contributed by atoms with Crippen molar-refractivity contribution in [3.8, 4) is 0 Å². The zero-order valence-electron chi connectivity index (χ0n) is 12.9. The SMILES string of the molecule is C[C@H](N[C@H](C)c1ccc(Cl)cc1)c1cccc2ccccc12. The Bertz CT molecular complexity index is 759. The fourth-order valence-corrected chi connectivity index (χ4v) is 3.07. The molecule has 3 aromatic carbocycles. The first-order chi connectivity index (χ1) is 10.6. The molecule has 2 heteroatoms. The molecule has 0 heterocycles. The Morgan fingerprint density at radius 1 is 0.773 bits per heavy atom. The van der Waals surface area contributed by atoms with E-state index < -0.39 is 0 Å². The highest BCUT2D eigenvalue weighted by atomic mass is 35.5. The number of hydrogen-bond donors (Lipinski definition) is 1. The molecule has 2 atom stereocenters. The molecule has 112 valence electrons. The molecule has 0 saturated carbocycles. The third-order valence-corrected chi connectivity index (χ3v) is 4.41. The van der Waals surface area contributed by atoms with Crippen LogP contribution in [0.2, 0.25) is 5.02 Å². The van der Waals surface area contributed by atoms with E-state index in [0.29, 0.717) is 0 Å². The first kappa shape index (κ1) is 15.1. The average Bonchev–Trinajstić information content (AvgIpc) is 2.54. The number of nitrogens with one attached hydrogen (secondary N) is 1. The van der Waals surface area contributed by atoms with Crippen molar-refractivity contribution in [1.82, 2.24) is 5.32 Å². The molecule has 3 rings (SSSR count). The number of halogens is 1. The van der Waals surface area contributed by atoms with E-state index in [1.807, 2.05) is 12.1 Å². The molecule has 0 spiro atoms. The topological polar surface area (TPSA) is 12.0 Å². The molecule has 0 radical (unpaired) electrons. The number of fused-ring (bicyclic) bond motifs is 1. The van der Waals surface area contributed by atoms with Gasteiger partial charge in [0.15, 0.2) is 0 Å². The van der Waals surface area contributed by atoms with E-state index in [4.69, 9.17) is 11.6 Å². The van der Waals surface area contributed by atoms with Crippen LogP contribution >= 0.6 is 11.6 Å². The standard InChI is InChI=1S/C20H20ClN/c1-14(16-10-12-18(21)13-11-16)22-15(2)19-9-5-7-17-6-3-4-8-20(17)19/h3-15,22H,1-2H3/t14-,15+/m1/s1. The molecule has 0 amide bonds. The van der Waals surface area contributed by atoms with Gasteiger partial charge in [-0.1, -0.05) is 66.2 Å². The minimum Gasteiger partial charge on any atom is -0.304 e. The van der Waals surface area contributed by atoms with Crippen LogP contribution in [-0.2, 0) is 0 Å². The molecule has 0 saturated heterocycles. The number of hydrogen-bond acceptors (Lipinski definition) is 1. The Morgan fingerprint density at radius 2 is 1.45 bits per heavy atom. The summed E-state index contributed by atoms with van der Waals surface area (Å²) in [5.74, 6) is 0. The summed E-state index contributed by atoms with van der Waals surface area (Å²) in [5, 5.41) is 7.06. The van der Waals surface area contributed by atoms with Crippen molar-refractivity contribution in [2.24, 2.45) is 0 Å². The lowest BCUT2D eigenvalue weighted by Gasteiger charge is -2.22. The zero-order valence-corrected chi connectivity index (χ0v) is 13.6. The van der Waals surface area contributed by atoms with E-state index >= 15 is 0 Å². The first-order valence-corrected chi connectivity index (χ1v) is 8.02. The zero-order chi connectivity index (χ0) is 15.5. The molecule has 1 N–H and O–H groups in total. The first-order valence-electron chi connectivity index (χ1n) is 7.64. The minimum atomic E-state index is 0.270. The molecule has 0 bridgehead atoms. The van der Waals surface area contributed by atoms with Crippen LogP contribution < -0.4 is 5.32 Å². The fraction of sp³-hybridized carbons (Fsp3) is 0.200. The van der Waals surface area contributed by atoms with Gasteiger partial charge in [-0.05, 0) is 47.9 Å². The van der Waals surface area contributed by atoms with Crippen LogP contribution in [0.4, 0.5) is 0 Å². The lowest BCUT2D eigenvalue weighted by Crippen LogP contribution is -2.22. The Kier molecular flexibility index (Phi) is 4.47. The summed E-state index contributed by atoms with van der Waals surface area (Å²) < 4.78 is 0. The molecule has 0 aliphatic carbocycles. The molecule has 22 heavy (non-hydrogen) atoms. The predicted molar refractivity (Wildman–Crippen MR) is 95.4 cm³/mol. The molecule has 3 aromatic rings. The second-order valence-corrected chi connectivity index (χ2v) is 6.17. The van der Waals surface area contributed by atoms with Gasteiger partial charge in [-0.25, -0.2) is 0 Å². The molecule has 0 aliphatic rings. The lowest BCUT2D eigenvalue weighted by molar-refractivity contribution is 0.497. The molecule has 1 nitrogen and oxygen atoms in total.